The van der Waals surface area contributed by atoms with Crippen molar-refractivity contribution in [2.45, 2.75) is 89.8 Å². The molecular weight excluding hydrogens is 284 g/mol. The largest absolute Gasteiger partial charge is 0.394 e. The van der Waals surface area contributed by atoms with Crippen molar-refractivity contribution >= 4 is 11.8 Å². The van der Waals surface area contributed by atoms with Gasteiger partial charge in [0.2, 0.25) is 0 Å². The van der Waals surface area contributed by atoms with E-state index >= 15 is 0 Å². The SMILES string of the molecule is CCCCCCCCCCCCC(O)CSCC(O)CO. The molecule has 0 aromatic carbocycles. The molecule has 0 aromatic heterocycles. The van der Waals surface area contributed by atoms with Crippen LogP contribution < -0.4 is 0 Å². The van der Waals surface area contributed by atoms with Gasteiger partial charge in [0, 0.05) is 11.5 Å². The molecule has 0 bridgehead atoms. The maximum atomic E-state index is 9.79. The summed E-state index contributed by atoms with van der Waals surface area (Å²) in [5.74, 6) is 1.17. The van der Waals surface area contributed by atoms with Crippen LogP contribution in [0, 0.1) is 0 Å². The Balaban J connectivity index is 3.16. The minimum atomic E-state index is -0.653. The zero-order valence-corrected chi connectivity index (χ0v) is 14.6. The fraction of sp³-hybridized carbons (Fsp3) is 1.00. The Kier molecular flexibility index (Phi) is 16.8. The Morgan fingerprint density at radius 1 is 0.714 bits per heavy atom. The Morgan fingerprint density at radius 3 is 1.71 bits per heavy atom. The molecule has 0 spiro atoms. The lowest BCUT2D eigenvalue weighted by Gasteiger charge is -2.11. The maximum absolute atomic E-state index is 9.79. The quantitative estimate of drug-likeness (QED) is 0.379. The van der Waals surface area contributed by atoms with Gasteiger partial charge in [-0.2, -0.15) is 11.8 Å². The van der Waals surface area contributed by atoms with Crippen molar-refractivity contribution in [2.75, 3.05) is 18.1 Å². The van der Waals surface area contributed by atoms with Crippen LogP contribution in [0.25, 0.3) is 0 Å². The Labute approximate surface area is 135 Å². The van der Waals surface area contributed by atoms with Crippen molar-refractivity contribution in [3.05, 3.63) is 0 Å². The number of thioether (sulfide) groups is 1. The minimum absolute atomic E-state index is 0.193. The van der Waals surface area contributed by atoms with E-state index < -0.39 is 6.10 Å². The van der Waals surface area contributed by atoms with Crippen molar-refractivity contribution in [1.29, 1.82) is 0 Å². The third kappa shape index (κ3) is 16.4. The van der Waals surface area contributed by atoms with Gasteiger partial charge in [-0.25, -0.2) is 0 Å². The summed E-state index contributed by atoms with van der Waals surface area (Å²) in [7, 11) is 0. The average Bonchev–Trinajstić information content (AvgIpc) is 2.49. The van der Waals surface area contributed by atoms with E-state index in [1.165, 1.54) is 69.5 Å². The Bertz CT molecular complexity index is 202. The van der Waals surface area contributed by atoms with E-state index in [1.807, 2.05) is 0 Å². The van der Waals surface area contributed by atoms with Crippen LogP contribution in [-0.2, 0) is 0 Å². The molecule has 21 heavy (non-hydrogen) atoms. The third-order valence-electron chi connectivity index (χ3n) is 3.72. The maximum Gasteiger partial charge on any atom is 0.0861 e. The van der Waals surface area contributed by atoms with Gasteiger partial charge in [0.1, 0.15) is 0 Å². The number of hydrogen-bond donors (Lipinski definition) is 3. The highest BCUT2D eigenvalue weighted by Gasteiger charge is 2.07. The third-order valence-corrected chi connectivity index (χ3v) is 4.96. The minimum Gasteiger partial charge on any atom is -0.394 e. The molecule has 0 aliphatic carbocycles. The number of hydrogen-bond acceptors (Lipinski definition) is 4. The van der Waals surface area contributed by atoms with Crippen LogP contribution in [0.3, 0.4) is 0 Å². The molecule has 0 saturated carbocycles. The standard InChI is InChI=1S/C17H36O3S/c1-2-3-4-5-6-7-8-9-10-11-12-16(19)14-21-15-17(20)13-18/h16-20H,2-15H2,1H3. The normalized spacial score (nSPS) is 14.3. The monoisotopic (exact) mass is 320 g/mol. The molecule has 0 radical (unpaired) electrons. The summed E-state index contributed by atoms with van der Waals surface area (Å²) in [5.41, 5.74) is 0. The highest BCUT2D eigenvalue weighted by molar-refractivity contribution is 7.99. The highest BCUT2D eigenvalue weighted by Crippen LogP contribution is 2.14. The summed E-state index contributed by atoms with van der Waals surface area (Å²) < 4.78 is 0. The number of unbranched alkanes of at least 4 members (excludes halogenated alkanes) is 9. The van der Waals surface area contributed by atoms with Crippen LogP contribution in [-0.4, -0.2) is 45.6 Å². The lowest BCUT2D eigenvalue weighted by molar-refractivity contribution is 0.113. The van der Waals surface area contributed by atoms with Gasteiger partial charge in [0.25, 0.3) is 0 Å². The lowest BCUT2D eigenvalue weighted by atomic mass is 10.1. The molecule has 0 aliphatic rings. The van der Waals surface area contributed by atoms with E-state index in [4.69, 9.17) is 5.11 Å². The smallest absolute Gasteiger partial charge is 0.0861 e. The van der Waals surface area contributed by atoms with Gasteiger partial charge < -0.3 is 15.3 Å². The van der Waals surface area contributed by atoms with Crippen LogP contribution >= 0.6 is 11.8 Å². The van der Waals surface area contributed by atoms with Gasteiger partial charge in [-0.1, -0.05) is 71.1 Å². The summed E-state index contributed by atoms with van der Waals surface area (Å²) in [4.78, 5) is 0. The topological polar surface area (TPSA) is 60.7 Å². The Morgan fingerprint density at radius 2 is 1.19 bits per heavy atom. The van der Waals surface area contributed by atoms with Crippen LogP contribution in [0.4, 0.5) is 0 Å². The molecule has 3 N–H and O–H groups in total. The fourth-order valence-corrected chi connectivity index (χ4v) is 3.30. The first kappa shape index (κ1) is 21.2. The number of aliphatic hydroxyl groups is 3. The van der Waals surface area contributed by atoms with Crippen LogP contribution in [0.1, 0.15) is 77.6 Å². The van der Waals surface area contributed by atoms with Crippen molar-refractivity contribution in [3.63, 3.8) is 0 Å². The van der Waals surface area contributed by atoms with E-state index in [0.29, 0.717) is 11.5 Å². The van der Waals surface area contributed by atoms with Gasteiger partial charge in [-0.05, 0) is 6.42 Å². The molecule has 128 valence electrons. The first-order chi connectivity index (χ1) is 10.2. The molecule has 0 amide bonds. The summed E-state index contributed by atoms with van der Waals surface area (Å²) >= 11 is 1.52. The predicted octanol–water partition coefficient (Wildman–Crippen LogP) is 3.74. The molecule has 0 heterocycles. The second-order valence-corrected chi connectivity index (χ2v) is 7.07. The van der Waals surface area contributed by atoms with Gasteiger partial charge >= 0.3 is 0 Å². The zero-order valence-electron chi connectivity index (χ0n) is 13.8. The molecule has 2 atom stereocenters. The summed E-state index contributed by atoms with van der Waals surface area (Å²) in [5, 5.41) is 27.7. The zero-order chi connectivity index (χ0) is 15.8. The molecule has 4 heteroatoms. The first-order valence-corrected chi connectivity index (χ1v) is 9.90. The molecular formula is C17H36O3S. The molecule has 0 rings (SSSR count). The number of aliphatic hydroxyl groups excluding tert-OH is 3. The molecule has 3 nitrogen and oxygen atoms in total. The molecule has 0 saturated heterocycles. The lowest BCUT2D eigenvalue weighted by Crippen LogP contribution is -2.17. The van der Waals surface area contributed by atoms with Gasteiger partial charge in [0.15, 0.2) is 0 Å². The van der Waals surface area contributed by atoms with Gasteiger partial charge in [-0.15, -0.1) is 0 Å². The van der Waals surface area contributed by atoms with Gasteiger partial charge in [0.05, 0.1) is 18.8 Å². The van der Waals surface area contributed by atoms with Crippen LogP contribution in [0.2, 0.25) is 0 Å². The molecule has 0 fully saturated rings. The van der Waals surface area contributed by atoms with Crippen LogP contribution in [0.5, 0.6) is 0 Å². The molecule has 0 aromatic rings. The van der Waals surface area contributed by atoms with E-state index in [9.17, 15) is 10.2 Å². The second kappa shape index (κ2) is 16.6. The van der Waals surface area contributed by atoms with Gasteiger partial charge in [-0.3, -0.25) is 0 Å². The average molecular weight is 321 g/mol. The first-order valence-electron chi connectivity index (χ1n) is 8.75. The second-order valence-electron chi connectivity index (χ2n) is 6.00. The summed E-state index contributed by atoms with van der Waals surface area (Å²) in [6.45, 7) is 2.06. The molecule has 2 unspecified atom stereocenters. The van der Waals surface area contributed by atoms with E-state index in [0.717, 1.165) is 12.8 Å². The number of rotatable bonds is 16. The van der Waals surface area contributed by atoms with E-state index in [-0.39, 0.29) is 12.7 Å². The highest BCUT2D eigenvalue weighted by atomic mass is 32.2. The molecule has 0 aliphatic heterocycles. The summed E-state index contributed by atoms with van der Waals surface area (Å²) in [6, 6.07) is 0. The van der Waals surface area contributed by atoms with Crippen molar-refractivity contribution in [3.8, 4) is 0 Å². The predicted molar refractivity (Wildman–Crippen MR) is 92.9 cm³/mol. The van der Waals surface area contributed by atoms with E-state index in [2.05, 4.69) is 6.92 Å². The van der Waals surface area contributed by atoms with Crippen molar-refractivity contribution in [2.24, 2.45) is 0 Å². The van der Waals surface area contributed by atoms with Crippen molar-refractivity contribution < 1.29 is 15.3 Å². The fourth-order valence-electron chi connectivity index (χ4n) is 2.34. The van der Waals surface area contributed by atoms with E-state index in [1.54, 1.807) is 0 Å². The van der Waals surface area contributed by atoms with Crippen molar-refractivity contribution in [1.82, 2.24) is 0 Å². The van der Waals surface area contributed by atoms with Crippen LogP contribution in [0.15, 0.2) is 0 Å². The Hall–Kier alpha value is 0.230. The summed E-state index contributed by atoms with van der Waals surface area (Å²) in [6.07, 6.45) is 13.1.